The molecule has 18 heavy (non-hydrogen) atoms. The van der Waals surface area contributed by atoms with E-state index < -0.39 is 9.84 Å². The molecule has 0 aromatic heterocycles. The molecule has 0 aliphatic carbocycles. The van der Waals surface area contributed by atoms with Crippen molar-refractivity contribution in [3.05, 3.63) is 0 Å². The number of nitrogens with one attached hydrogen (secondary N) is 1. The second-order valence-corrected chi connectivity index (χ2v) is 7.85. The normalized spacial score (nSPS) is 21.9. The van der Waals surface area contributed by atoms with Crippen LogP contribution in [0.4, 0.5) is 0 Å². The topological polar surface area (TPSA) is 49.4 Å². The van der Waals surface area contributed by atoms with Crippen LogP contribution in [0.5, 0.6) is 0 Å². The zero-order chi connectivity index (χ0) is 13.6. The van der Waals surface area contributed by atoms with Gasteiger partial charge in [-0.05, 0) is 25.8 Å². The zero-order valence-corrected chi connectivity index (χ0v) is 12.8. The van der Waals surface area contributed by atoms with E-state index in [9.17, 15) is 8.42 Å². The largest absolute Gasteiger partial charge is 0.313 e. The highest BCUT2D eigenvalue weighted by Gasteiger charge is 2.25. The van der Waals surface area contributed by atoms with Crippen molar-refractivity contribution < 1.29 is 8.42 Å². The molecule has 5 heteroatoms. The second-order valence-electron chi connectivity index (χ2n) is 5.55. The molecule has 1 unspecified atom stereocenters. The van der Waals surface area contributed by atoms with Gasteiger partial charge in [-0.1, -0.05) is 20.8 Å². The molecule has 1 N–H and O–H groups in total. The summed E-state index contributed by atoms with van der Waals surface area (Å²) in [6.45, 7) is 8.93. The van der Waals surface area contributed by atoms with Gasteiger partial charge in [0.25, 0.3) is 0 Å². The minimum Gasteiger partial charge on any atom is -0.313 e. The first-order valence-corrected chi connectivity index (χ1v) is 8.94. The Hall–Kier alpha value is -0.130. The van der Waals surface area contributed by atoms with E-state index >= 15 is 0 Å². The van der Waals surface area contributed by atoms with Crippen LogP contribution in [-0.2, 0) is 9.84 Å². The molecule has 1 atom stereocenters. The third-order valence-electron chi connectivity index (χ3n) is 3.47. The molecule has 0 amide bonds. The highest BCUT2D eigenvalue weighted by atomic mass is 32.2. The number of hydrogen-bond acceptors (Lipinski definition) is 4. The number of hydrogen-bond donors (Lipinski definition) is 1. The Morgan fingerprint density at radius 3 is 2.67 bits per heavy atom. The minimum atomic E-state index is -2.84. The fraction of sp³-hybridized carbons (Fsp3) is 1.00. The van der Waals surface area contributed by atoms with Crippen LogP contribution in [-0.4, -0.2) is 56.5 Å². The predicted molar refractivity (Wildman–Crippen MR) is 76.7 cm³/mol. The van der Waals surface area contributed by atoms with Crippen LogP contribution in [0, 0.1) is 0 Å². The van der Waals surface area contributed by atoms with Gasteiger partial charge in [-0.3, -0.25) is 4.90 Å². The summed E-state index contributed by atoms with van der Waals surface area (Å²) in [6, 6.07) is 1.01. The van der Waals surface area contributed by atoms with Crippen molar-refractivity contribution in [1.29, 1.82) is 0 Å². The summed E-state index contributed by atoms with van der Waals surface area (Å²) in [6.07, 6.45) is 3.10. The molecule has 1 fully saturated rings. The van der Waals surface area contributed by atoms with Crippen molar-refractivity contribution >= 4 is 9.84 Å². The summed E-state index contributed by atoms with van der Waals surface area (Å²) in [5, 5.41) is 3.45. The van der Waals surface area contributed by atoms with Crippen LogP contribution >= 0.6 is 0 Å². The summed E-state index contributed by atoms with van der Waals surface area (Å²) >= 11 is 0. The van der Waals surface area contributed by atoms with Crippen LogP contribution in [0.25, 0.3) is 0 Å². The fourth-order valence-electron chi connectivity index (χ4n) is 2.46. The van der Waals surface area contributed by atoms with Gasteiger partial charge in [-0.25, -0.2) is 8.42 Å². The summed E-state index contributed by atoms with van der Waals surface area (Å²) in [5.41, 5.74) is 0. The Morgan fingerprint density at radius 2 is 2.06 bits per heavy atom. The quantitative estimate of drug-likeness (QED) is 0.725. The molecule has 1 aliphatic rings. The van der Waals surface area contributed by atoms with Crippen LogP contribution in [0.2, 0.25) is 0 Å². The van der Waals surface area contributed by atoms with E-state index in [-0.39, 0.29) is 0 Å². The summed E-state index contributed by atoms with van der Waals surface area (Å²) in [5.74, 6) is 0.648. The van der Waals surface area contributed by atoms with Gasteiger partial charge in [0.1, 0.15) is 0 Å². The van der Waals surface area contributed by atoms with Crippen LogP contribution in [0.3, 0.4) is 0 Å². The first-order chi connectivity index (χ1) is 8.44. The average molecular weight is 276 g/mol. The zero-order valence-electron chi connectivity index (χ0n) is 12.0. The number of nitrogens with zero attached hydrogens (tertiary/aromatic N) is 1. The van der Waals surface area contributed by atoms with E-state index in [1.807, 2.05) is 6.92 Å². The molecule has 0 saturated carbocycles. The van der Waals surface area contributed by atoms with E-state index in [0.717, 1.165) is 19.5 Å². The van der Waals surface area contributed by atoms with Crippen molar-refractivity contribution in [1.82, 2.24) is 10.2 Å². The maximum absolute atomic E-state index is 11.7. The van der Waals surface area contributed by atoms with Gasteiger partial charge in [0.15, 0.2) is 9.84 Å². The lowest BCUT2D eigenvalue weighted by molar-refractivity contribution is 0.257. The maximum atomic E-state index is 11.7. The van der Waals surface area contributed by atoms with Gasteiger partial charge >= 0.3 is 0 Å². The molecule has 0 radical (unpaired) electrons. The van der Waals surface area contributed by atoms with Crippen molar-refractivity contribution in [2.45, 2.75) is 52.1 Å². The molecular formula is C13H28N2O2S. The van der Waals surface area contributed by atoms with Crippen molar-refractivity contribution in [2.75, 3.05) is 31.1 Å². The monoisotopic (exact) mass is 276 g/mol. The number of likely N-dealkylation sites (tertiary alicyclic amines) is 1. The van der Waals surface area contributed by atoms with Gasteiger partial charge in [-0.15, -0.1) is 0 Å². The second kappa shape index (κ2) is 7.46. The molecule has 0 aromatic carbocycles. The highest BCUT2D eigenvalue weighted by molar-refractivity contribution is 7.91. The van der Waals surface area contributed by atoms with Crippen LogP contribution in [0.1, 0.15) is 40.0 Å². The lowest BCUT2D eigenvalue weighted by Crippen LogP contribution is -2.42. The Labute approximate surface area is 112 Å². The molecule has 108 valence electrons. The van der Waals surface area contributed by atoms with Crippen molar-refractivity contribution in [2.24, 2.45) is 0 Å². The van der Waals surface area contributed by atoms with E-state index in [0.29, 0.717) is 30.1 Å². The smallest absolute Gasteiger partial charge is 0.151 e. The molecule has 1 aliphatic heterocycles. The first-order valence-electron chi connectivity index (χ1n) is 7.12. The Balaban J connectivity index is 2.36. The third-order valence-corrected chi connectivity index (χ3v) is 5.30. The molecular weight excluding hydrogens is 248 g/mol. The summed E-state index contributed by atoms with van der Waals surface area (Å²) < 4.78 is 23.4. The van der Waals surface area contributed by atoms with Crippen LogP contribution in [0.15, 0.2) is 0 Å². The molecule has 0 spiro atoms. The Morgan fingerprint density at radius 1 is 1.33 bits per heavy atom. The van der Waals surface area contributed by atoms with Gasteiger partial charge in [0.05, 0.1) is 5.75 Å². The maximum Gasteiger partial charge on any atom is 0.151 e. The molecule has 0 aromatic rings. The molecule has 1 rings (SSSR count). The van der Waals surface area contributed by atoms with Crippen molar-refractivity contribution in [3.63, 3.8) is 0 Å². The summed E-state index contributed by atoms with van der Waals surface area (Å²) in [7, 11) is -2.84. The Kier molecular flexibility index (Phi) is 6.60. The number of rotatable bonds is 8. The van der Waals surface area contributed by atoms with Crippen LogP contribution < -0.4 is 5.32 Å². The average Bonchev–Trinajstić information content (AvgIpc) is 2.71. The first kappa shape index (κ1) is 15.9. The van der Waals surface area contributed by atoms with Gasteiger partial charge in [0, 0.05) is 30.9 Å². The molecule has 1 heterocycles. The van der Waals surface area contributed by atoms with Gasteiger partial charge in [-0.2, -0.15) is 0 Å². The minimum absolute atomic E-state index is 0.318. The molecule has 4 nitrogen and oxygen atoms in total. The predicted octanol–water partition coefficient (Wildman–Crippen LogP) is 1.27. The van der Waals surface area contributed by atoms with Gasteiger partial charge < -0.3 is 5.32 Å². The number of sulfone groups is 1. The SMILES string of the molecule is CCCS(=O)(=O)CCN1CCCC1CNC(C)C. The molecule has 0 bridgehead atoms. The summed E-state index contributed by atoms with van der Waals surface area (Å²) in [4.78, 5) is 2.34. The third kappa shape index (κ3) is 5.67. The standard InChI is InChI=1S/C13H28N2O2S/c1-4-9-18(16,17)10-8-15-7-5-6-13(15)11-14-12(2)3/h12-14H,4-11H2,1-3H3. The lowest BCUT2D eigenvalue weighted by Gasteiger charge is -2.25. The molecule has 1 saturated heterocycles. The van der Waals surface area contributed by atoms with E-state index in [2.05, 4.69) is 24.1 Å². The van der Waals surface area contributed by atoms with E-state index in [4.69, 9.17) is 0 Å². The van der Waals surface area contributed by atoms with E-state index in [1.165, 1.54) is 12.8 Å². The van der Waals surface area contributed by atoms with Gasteiger partial charge in [0.2, 0.25) is 0 Å². The highest BCUT2D eigenvalue weighted by Crippen LogP contribution is 2.16. The fourth-order valence-corrected chi connectivity index (χ4v) is 3.80. The van der Waals surface area contributed by atoms with E-state index in [1.54, 1.807) is 0 Å². The Bertz CT molecular complexity index is 328. The lowest BCUT2D eigenvalue weighted by atomic mass is 10.2. The van der Waals surface area contributed by atoms with Crippen molar-refractivity contribution in [3.8, 4) is 0 Å².